The third-order valence-corrected chi connectivity index (χ3v) is 5.94. The van der Waals surface area contributed by atoms with Crippen LogP contribution in [0.3, 0.4) is 0 Å². The van der Waals surface area contributed by atoms with Gasteiger partial charge in [0.1, 0.15) is 0 Å². The largest absolute Gasteiger partial charge is 0.347 e. The van der Waals surface area contributed by atoms with Crippen molar-refractivity contribution >= 4 is 34.1 Å². The highest BCUT2D eigenvalue weighted by atomic mass is 32.1. The van der Waals surface area contributed by atoms with Crippen LogP contribution in [0.25, 0.3) is 10.9 Å². The number of benzene rings is 1. The molecule has 2 aliphatic rings. The predicted octanol–water partition coefficient (Wildman–Crippen LogP) is 3.17. The zero-order valence-corrected chi connectivity index (χ0v) is 13.8. The first-order valence-corrected chi connectivity index (χ1v) is 9.16. The van der Waals surface area contributed by atoms with E-state index in [4.69, 9.17) is 0 Å². The summed E-state index contributed by atoms with van der Waals surface area (Å²) >= 11 is 1.56. The van der Waals surface area contributed by atoms with Gasteiger partial charge < -0.3 is 4.57 Å². The van der Waals surface area contributed by atoms with E-state index in [1.54, 1.807) is 11.3 Å². The fourth-order valence-corrected chi connectivity index (χ4v) is 4.92. The van der Waals surface area contributed by atoms with Crippen molar-refractivity contribution in [1.29, 1.82) is 0 Å². The lowest BCUT2D eigenvalue weighted by Gasteiger charge is -2.15. The zero-order valence-electron chi connectivity index (χ0n) is 13.0. The van der Waals surface area contributed by atoms with E-state index in [1.165, 1.54) is 11.1 Å². The van der Waals surface area contributed by atoms with Gasteiger partial charge in [-0.05, 0) is 46.4 Å². The minimum Gasteiger partial charge on any atom is -0.347 e. The van der Waals surface area contributed by atoms with E-state index in [0.717, 1.165) is 35.9 Å². The van der Waals surface area contributed by atoms with E-state index >= 15 is 0 Å². The van der Waals surface area contributed by atoms with Crippen LogP contribution in [0.4, 0.5) is 0 Å². The molecule has 1 aromatic carbocycles. The Morgan fingerprint density at radius 3 is 2.83 bits per heavy atom. The highest BCUT2D eigenvalue weighted by Crippen LogP contribution is 2.42. The van der Waals surface area contributed by atoms with Crippen molar-refractivity contribution in [2.45, 2.75) is 31.2 Å². The molecule has 0 radical (unpaired) electrons. The van der Waals surface area contributed by atoms with Gasteiger partial charge in [0, 0.05) is 18.1 Å². The molecule has 24 heavy (non-hydrogen) atoms. The first kappa shape index (κ1) is 14.0. The lowest BCUT2D eigenvalue weighted by molar-refractivity contribution is -0.125. The molecule has 0 saturated carbocycles. The second kappa shape index (κ2) is 5.05. The van der Waals surface area contributed by atoms with E-state index in [1.807, 2.05) is 16.8 Å². The standard InChI is InChI=1S/C19H16N2O2S/c22-18-15(12-6-8-24-10-12)16(19(23)20-18)14-9-21-7-2-4-11-3-1-5-13(14)17(11)21/h1,3,5-6,8-10,15-16H,2,4,7H2,(H,20,22,23)/t15-,16-/m0/s1. The summed E-state index contributed by atoms with van der Waals surface area (Å²) in [5.41, 5.74) is 4.48. The third-order valence-electron chi connectivity index (χ3n) is 5.24. The minimum absolute atomic E-state index is 0.181. The van der Waals surface area contributed by atoms with E-state index in [2.05, 4.69) is 34.3 Å². The molecule has 1 saturated heterocycles. The summed E-state index contributed by atoms with van der Waals surface area (Å²) < 4.78 is 2.25. The third kappa shape index (κ3) is 1.85. The second-order valence-corrected chi connectivity index (χ2v) is 7.34. The fraction of sp³-hybridized carbons (Fsp3) is 0.263. The molecule has 0 spiro atoms. The molecule has 0 unspecified atom stereocenters. The summed E-state index contributed by atoms with van der Waals surface area (Å²) in [5.74, 6) is -1.23. The number of nitrogens with zero attached hydrogens (tertiary/aromatic N) is 1. The average molecular weight is 336 g/mol. The van der Waals surface area contributed by atoms with E-state index < -0.39 is 11.8 Å². The lowest BCUT2D eigenvalue weighted by atomic mass is 9.84. The number of para-hydroxylation sites is 1. The number of nitrogens with one attached hydrogen (secondary N) is 1. The molecule has 2 amide bonds. The summed E-state index contributed by atoms with van der Waals surface area (Å²) in [6.45, 7) is 0.971. The number of aromatic nitrogens is 1. The molecule has 4 heterocycles. The maximum Gasteiger partial charge on any atom is 0.235 e. The molecule has 5 heteroatoms. The smallest absolute Gasteiger partial charge is 0.235 e. The van der Waals surface area contributed by atoms with Crippen molar-refractivity contribution in [3.8, 4) is 0 Å². The van der Waals surface area contributed by atoms with Gasteiger partial charge in [0.2, 0.25) is 11.8 Å². The topological polar surface area (TPSA) is 51.1 Å². The normalized spacial score (nSPS) is 23.0. The summed E-state index contributed by atoms with van der Waals surface area (Å²) in [6.07, 6.45) is 4.28. The Kier molecular flexibility index (Phi) is 2.94. The van der Waals surface area contributed by atoms with Crippen LogP contribution in [-0.2, 0) is 22.6 Å². The highest BCUT2D eigenvalue weighted by molar-refractivity contribution is 7.08. The van der Waals surface area contributed by atoms with Crippen molar-refractivity contribution in [3.63, 3.8) is 0 Å². The molecule has 120 valence electrons. The minimum atomic E-state index is -0.441. The van der Waals surface area contributed by atoms with Crippen LogP contribution in [0.1, 0.15) is 34.9 Å². The number of carbonyl (C=O) groups is 2. The van der Waals surface area contributed by atoms with Crippen molar-refractivity contribution < 1.29 is 9.59 Å². The van der Waals surface area contributed by atoms with Gasteiger partial charge in [-0.1, -0.05) is 18.2 Å². The lowest BCUT2D eigenvalue weighted by Crippen LogP contribution is -2.21. The van der Waals surface area contributed by atoms with Gasteiger partial charge in [0.25, 0.3) is 0 Å². The van der Waals surface area contributed by atoms with E-state index in [0.29, 0.717) is 0 Å². The summed E-state index contributed by atoms with van der Waals surface area (Å²) in [6, 6.07) is 8.25. The molecule has 2 aromatic heterocycles. The number of amides is 2. The molecule has 5 rings (SSSR count). The maximum atomic E-state index is 12.6. The fourth-order valence-electron chi connectivity index (χ4n) is 4.23. The summed E-state index contributed by atoms with van der Waals surface area (Å²) in [5, 5.41) is 7.58. The van der Waals surface area contributed by atoms with Crippen LogP contribution >= 0.6 is 11.3 Å². The van der Waals surface area contributed by atoms with Gasteiger partial charge in [-0.3, -0.25) is 14.9 Å². The van der Waals surface area contributed by atoms with Crippen LogP contribution < -0.4 is 5.32 Å². The van der Waals surface area contributed by atoms with Crippen molar-refractivity contribution in [2.75, 3.05) is 0 Å². The van der Waals surface area contributed by atoms with Crippen LogP contribution in [-0.4, -0.2) is 16.4 Å². The number of carbonyl (C=O) groups excluding carboxylic acids is 2. The van der Waals surface area contributed by atoms with E-state index in [-0.39, 0.29) is 11.8 Å². The molecular formula is C19H16N2O2S. The van der Waals surface area contributed by atoms with Gasteiger partial charge in [-0.2, -0.15) is 11.3 Å². The van der Waals surface area contributed by atoms with Crippen molar-refractivity contribution in [2.24, 2.45) is 0 Å². The van der Waals surface area contributed by atoms with Crippen molar-refractivity contribution in [1.82, 2.24) is 9.88 Å². The number of rotatable bonds is 2. The van der Waals surface area contributed by atoms with Crippen LogP contribution in [0.15, 0.2) is 41.2 Å². The Bertz CT molecular complexity index is 971. The predicted molar refractivity (Wildman–Crippen MR) is 93.2 cm³/mol. The maximum absolute atomic E-state index is 12.6. The zero-order chi connectivity index (χ0) is 16.3. The molecule has 1 fully saturated rings. The molecular weight excluding hydrogens is 320 g/mol. The number of imide groups is 1. The Morgan fingerprint density at radius 2 is 2.00 bits per heavy atom. The number of hydrogen-bond acceptors (Lipinski definition) is 3. The Labute approximate surface area is 143 Å². The molecule has 0 bridgehead atoms. The first-order chi connectivity index (χ1) is 11.7. The van der Waals surface area contributed by atoms with Crippen LogP contribution in [0, 0.1) is 0 Å². The molecule has 3 aromatic rings. The van der Waals surface area contributed by atoms with Gasteiger partial charge in [0.15, 0.2) is 0 Å². The van der Waals surface area contributed by atoms with Gasteiger partial charge in [0.05, 0.1) is 17.4 Å². The van der Waals surface area contributed by atoms with Crippen molar-refractivity contribution in [3.05, 3.63) is 57.9 Å². The van der Waals surface area contributed by atoms with Gasteiger partial charge in [-0.15, -0.1) is 0 Å². The quantitative estimate of drug-likeness (QED) is 0.731. The highest BCUT2D eigenvalue weighted by Gasteiger charge is 2.45. The monoisotopic (exact) mass is 336 g/mol. The van der Waals surface area contributed by atoms with Crippen LogP contribution in [0.5, 0.6) is 0 Å². The summed E-state index contributed by atoms with van der Waals surface area (Å²) in [4.78, 5) is 25.0. The van der Waals surface area contributed by atoms with Gasteiger partial charge >= 0.3 is 0 Å². The molecule has 4 nitrogen and oxygen atoms in total. The summed E-state index contributed by atoms with van der Waals surface area (Å²) in [7, 11) is 0. The Balaban J connectivity index is 1.73. The Morgan fingerprint density at radius 1 is 1.12 bits per heavy atom. The second-order valence-electron chi connectivity index (χ2n) is 6.56. The molecule has 2 atom stereocenters. The molecule has 0 aliphatic carbocycles. The Hall–Kier alpha value is -2.40. The molecule has 2 aliphatic heterocycles. The van der Waals surface area contributed by atoms with E-state index in [9.17, 15) is 9.59 Å². The molecule has 1 N–H and O–H groups in total. The van der Waals surface area contributed by atoms with Gasteiger partial charge in [-0.25, -0.2) is 0 Å². The van der Waals surface area contributed by atoms with Crippen LogP contribution in [0.2, 0.25) is 0 Å². The first-order valence-electron chi connectivity index (χ1n) is 8.21. The number of aryl methyl sites for hydroxylation is 2. The average Bonchev–Trinajstić information content (AvgIpc) is 3.27. The number of thiophene rings is 1. The SMILES string of the molecule is O=C1NC(=O)[C@@H](c2cn3c4c(cccc24)CCC3)[C@@H]1c1ccsc1. The number of hydrogen-bond donors (Lipinski definition) is 1.